The fourth-order valence-corrected chi connectivity index (χ4v) is 7.34. The molecule has 0 amide bonds. The van der Waals surface area contributed by atoms with E-state index in [1.807, 2.05) is 39.0 Å². The normalized spacial score (nSPS) is 26.8. The van der Waals surface area contributed by atoms with E-state index in [2.05, 4.69) is 24.6 Å². The number of sulfonamides is 1. The third-order valence-corrected chi connectivity index (χ3v) is 9.24. The summed E-state index contributed by atoms with van der Waals surface area (Å²) in [6.07, 6.45) is 8.55. The quantitative estimate of drug-likeness (QED) is 0.363. The number of carbonyl (C=O) groups is 1. The van der Waals surface area contributed by atoms with Gasteiger partial charge in [0.15, 0.2) is 6.61 Å². The molecule has 1 N–H and O–H groups in total. The Hall–Kier alpha value is -1.64. The van der Waals surface area contributed by atoms with E-state index < -0.39 is 21.2 Å². The minimum absolute atomic E-state index is 0.103. The molecule has 1 aliphatic heterocycles. The lowest BCUT2D eigenvalue weighted by Crippen LogP contribution is -2.57. The minimum atomic E-state index is -3.22. The predicted octanol–water partition coefficient (Wildman–Crippen LogP) is 5.73. The van der Waals surface area contributed by atoms with Crippen LogP contribution in [0.2, 0.25) is 0 Å². The number of unbranched alkanes of at least 4 members (excludes halogenated alkanes) is 1. The van der Waals surface area contributed by atoms with Crippen LogP contribution in [0.3, 0.4) is 0 Å². The van der Waals surface area contributed by atoms with Crippen LogP contribution in [0, 0.1) is 5.92 Å². The number of esters is 1. The second kappa shape index (κ2) is 12.9. The maximum Gasteiger partial charge on any atom is 0.344 e. The average molecular weight is 538 g/mol. The number of para-hydroxylation sites is 1. The molecule has 2 atom stereocenters. The second-order valence-electron chi connectivity index (χ2n) is 11.9. The lowest BCUT2D eigenvalue weighted by molar-refractivity contribution is -0.157. The van der Waals surface area contributed by atoms with Gasteiger partial charge in [0.25, 0.3) is 0 Å². The average Bonchev–Trinajstić information content (AvgIpc) is 2.83. The summed E-state index contributed by atoms with van der Waals surface area (Å²) in [7, 11) is -3.22. The highest BCUT2D eigenvalue weighted by atomic mass is 32.2. The molecule has 1 aromatic rings. The Morgan fingerprint density at radius 1 is 1.16 bits per heavy atom. The van der Waals surface area contributed by atoms with Crippen molar-refractivity contribution in [3.63, 3.8) is 0 Å². The molecule has 0 radical (unpaired) electrons. The van der Waals surface area contributed by atoms with Crippen LogP contribution in [0.1, 0.15) is 104 Å². The monoisotopic (exact) mass is 537 g/mol. The molecule has 1 aliphatic carbocycles. The summed E-state index contributed by atoms with van der Waals surface area (Å²) < 4.78 is 45.5. The van der Waals surface area contributed by atoms with Gasteiger partial charge in [0.1, 0.15) is 11.4 Å². The van der Waals surface area contributed by atoms with E-state index >= 15 is 0 Å². The summed E-state index contributed by atoms with van der Waals surface area (Å²) in [5.74, 6) is 1.07. The molecule has 7 nitrogen and oxygen atoms in total. The van der Waals surface area contributed by atoms with Crippen LogP contribution in [0.15, 0.2) is 24.3 Å². The molecule has 2 fully saturated rings. The molecule has 1 aromatic carbocycles. The maximum absolute atomic E-state index is 12.4. The lowest BCUT2D eigenvalue weighted by atomic mass is 9.78. The molecule has 0 bridgehead atoms. The van der Waals surface area contributed by atoms with E-state index in [1.165, 1.54) is 0 Å². The SMILES string of the molecule is CCCCC1(C(C)COC2CCC(c3ccccc3OCC(=O)OC(C)(C)C)CC2)CCCS(=O)(=O)N1. The van der Waals surface area contributed by atoms with Crippen molar-refractivity contribution >= 4 is 16.0 Å². The van der Waals surface area contributed by atoms with Gasteiger partial charge in [-0.15, -0.1) is 0 Å². The van der Waals surface area contributed by atoms with Gasteiger partial charge in [-0.3, -0.25) is 0 Å². The van der Waals surface area contributed by atoms with Crippen molar-refractivity contribution in [2.75, 3.05) is 19.0 Å². The number of rotatable bonds is 11. The number of ether oxygens (including phenoxy) is 3. The largest absolute Gasteiger partial charge is 0.482 e. The highest BCUT2D eigenvalue weighted by molar-refractivity contribution is 7.89. The van der Waals surface area contributed by atoms with Crippen molar-refractivity contribution in [1.29, 1.82) is 0 Å². The Bertz CT molecular complexity index is 980. The molecule has 0 spiro atoms. The van der Waals surface area contributed by atoms with E-state index in [9.17, 15) is 13.2 Å². The van der Waals surface area contributed by atoms with Crippen molar-refractivity contribution < 1.29 is 27.4 Å². The summed E-state index contributed by atoms with van der Waals surface area (Å²) in [5.41, 5.74) is 0.203. The molecule has 210 valence electrons. The Kier molecular flexibility index (Phi) is 10.5. The lowest BCUT2D eigenvalue weighted by Gasteiger charge is -2.43. The highest BCUT2D eigenvalue weighted by Gasteiger charge is 2.42. The van der Waals surface area contributed by atoms with Gasteiger partial charge >= 0.3 is 5.97 Å². The Morgan fingerprint density at radius 3 is 2.51 bits per heavy atom. The molecule has 8 heteroatoms. The number of carbonyl (C=O) groups excluding carboxylic acids is 1. The Morgan fingerprint density at radius 2 is 1.86 bits per heavy atom. The Labute approximate surface area is 224 Å². The molecule has 2 unspecified atom stereocenters. The van der Waals surface area contributed by atoms with Crippen LogP contribution in [0.25, 0.3) is 0 Å². The second-order valence-corrected chi connectivity index (χ2v) is 13.7. The fourth-order valence-electron chi connectivity index (χ4n) is 5.69. The molecule has 0 aromatic heterocycles. The van der Waals surface area contributed by atoms with Crippen molar-refractivity contribution in [1.82, 2.24) is 4.72 Å². The highest BCUT2D eigenvalue weighted by Crippen LogP contribution is 2.39. The van der Waals surface area contributed by atoms with E-state index in [1.54, 1.807) is 0 Å². The van der Waals surface area contributed by atoms with Crippen molar-refractivity contribution in [2.45, 2.75) is 116 Å². The van der Waals surface area contributed by atoms with Crippen LogP contribution in [-0.2, 0) is 24.3 Å². The van der Waals surface area contributed by atoms with E-state index in [0.717, 1.165) is 62.7 Å². The zero-order valence-electron chi connectivity index (χ0n) is 23.4. The van der Waals surface area contributed by atoms with Gasteiger partial charge in [-0.25, -0.2) is 17.9 Å². The molecular weight excluding hydrogens is 490 g/mol. The van der Waals surface area contributed by atoms with Crippen LogP contribution < -0.4 is 9.46 Å². The van der Waals surface area contributed by atoms with Crippen LogP contribution in [0.4, 0.5) is 0 Å². The molecule has 1 saturated carbocycles. The predicted molar refractivity (Wildman–Crippen MR) is 146 cm³/mol. The van der Waals surface area contributed by atoms with Gasteiger partial charge in [0.2, 0.25) is 10.0 Å². The molecule has 2 aliphatic rings. The zero-order valence-corrected chi connectivity index (χ0v) is 24.2. The molecular formula is C29H47NO6S. The third kappa shape index (κ3) is 8.96. The number of hydrogen-bond acceptors (Lipinski definition) is 6. The fraction of sp³-hybridized carbons (Fsp3) is 0.759. The van der Waals surface area contributed by atoms with E-state index in [0.29, 0.717) is 18.9 Å². The van der Waals surface area contributed by atoms with Gasteiger partial charge in [-0.2, -0.15) is 0 Å². The van der Waals surface area contributed by atoms with Gasteiger partial charge < -0.3 is 14.2 Å². The Balaban J connectivity index is 1.53. The van der Waals surface area contributed by atoms with E-state index in [-0.39, 0.29) is 30.4 Å². The molecule has 37 heavy (non-hydrogen) atoms. The zero-order chi connectivity index (χ0) is 27.1. The topological polar surface area (TPSA) is 90.9 Å². The first-order valence-electron chi connectivity index (χ1n) is 14.0. The van der Waals surface area contributed by atoms with Crippen molar-refractivity contribution in [2.24, 2.45) is 5.92 Å². The standard InChI is InChI=1S/C29H47NO6S/c1-6-7-17-29(18-10-19-37(32,33)30-29)22(2)20-34-24-15-13-23(14-16-24)25-11-8-9-12-26(25)35-21-27(31)36-28(3,4)5/h8-9,11-12,22-24,30H,6-7,10,13-21H2,1-5H3. The van der Waals surface area contributed by atoms with Crippen LogP contribution in [0.5, 0.6) is 5.75 Å². The van der Waals surface area contributed by atoms with Gasteiger partial charge in [0, 0.05) is 5.54 Å². The van der Waals surface area contributed by atoms with Gasteiger partial charge in [-0.05, 0) is 89.2 Å². The summed E-state index contributed by atoms with van der Waals surface area (Å²) in [4.78, 5) is 12.1. The summed E-state index contributed by atoms with van der Waals surface area (Å²) in [6, 6.07) is 7.95. The van der Waals surface area contributed by atoms with Crippen molar-refractivity contribution in [3.05, 3.63) is 29.8 Å². The first kappa shape index (κ1) is 29.9. The van der Waals surface area contributed by atoms with Crippen LogP contribution >= 0.6 is 0 Å². The van der Waals surface area contributed by atoms with Gasteiger partial charge in [-0.1, -0.05) is 44.9 Å². The molecule has 1 saturated heterocycles. The first-order valence-corrected chi connectivity index (χ1v) is 15.6. The molecule has 1 heterocycles. The number of benzene rings is 1. The van der Waals surface area contributed by atoms with E-state index in [4.69, 9.17) is 14.2 Å². The minimum Gasteiger partial charge on any atom is -0.482 e. The summed E-state index contributed by atoms with van der Waals surface area (Å²) in [5, 5.41) is 0. The summed E-state index contributed by atoms with van der Waals surface area (Å²) in [6.45, 7) is 10.3. The number of hydrogen-bond donors (Lipinski definition) is 1. The summed E-state index contributed by atoms with van der Waals surface area (Å²) >= 11 is 0. The van der Waals surface area contributed by atoms with Crippen molar-refractivity contribution in [3.8, 4) is 5.75 Å². The number of nitrogens with one attached hydrogen (secondary N) is 1. The maximum atomic E-state index is 12.4. The van der Waals surface area contributed by atoms with Gasteiger partial charge in [0.05, 0.1) is 18.5 Å². The van der Waals surface area contributed by atoms with Crippen LogP contribution in [-0.4, -0.2) is 50.6 Å². The molecule has 3 rings (SSSR count). The first-order chi connectivity index (χ1) is 17.4. The smallest absolute Gasteiger partial charge is 0.344 e. The third-order valence-electron chi connectivity index (χ3n) is 7.70.